The number of esters is 1. The third-order valence-electron chi connectivity index (χ3n) is 4.40. The highest BCUT2D eigenvalue weighted by atomic mass is 32.2. The fourth-order valence-corrected chi connectivity index (χ4v) is 4.71. The Balaban J connectivity index is 1.68. The topological polar surface area (TPSA) is 102 Å². The standard InChI is InChI=1S/C17H20N2O6S/c1-24-15-5-3-2-4-12(15)10-25-17(21)14-6-7-16(20)19(18-14)13-8-9-26(22,23)11-13/h2-5,13H,6-11H2,1H3. The molecule has 0 bridgehead atoms. The number of nitrogens with zero attached hydrogens (tertiary/aromatic N) is 2. The van der Waals surface area contributed by atoms with Crippen LogP contribution >= 0.6 is 0 Å². The van der Waals surface area contributed by atoms with Crippen LogP contribution in [-0.4, -0.2) is 55.7 Å². The Morgan fingerprint density at radius 1 is 1.31 bits per heavy atom. The van der Waals surface area contributed by atoms with Crippen LogP contribution in [0.5, 0.6) is 5.75 Å². The number of rotatable bonds is 5. The highest BCUT2D eigenvalue weighted by molar-refractivity contribution is 7.91. The molecule has 0 saturated carbocycles. The molecule has 1 atom stereocenters. The van der Waals surface area contributed by atoms with Gasteiger partial charge < -0.3 is 9.47 Å². The summed E-state index contributed by atoms with van der Waals surface area (Å²) in [6, 6.07) is 6.67. The summed E-state index contributed by atoms with van der Waals surface area (Å²) < 4.78 is 33.8. The van der Waals surface area contributed by atoms with Gasteiger partial charge in [0, 0.05) is 18.4 Å². The molecule has 1 saturated heterocycles. The van der Waals surface area contributed by atoms with Gasteiger partial charge in [0.1, 0.15) is 18.1 Å². The summed E-state index contributed by atoms with van der Waals surface area (Å²) in [4.78, 5) is 24.4. The maximum Gasteiger partial charge on any atom is 0.354 e. The Kier molecular flexibility index (Phi) is 5.26. The maximum absolute atomic E-state index is 12.3. The minimum absolute atomic E-state index is 0.0214. The van der Waals surface area contributed by atoms with E-state index < -0.39 is 21.8 Å². The monoisotopic (exact) mass is 380 g/mol. The van der Waals surface area contributed by atoms with Crippen LogP contribution in [-0.2, 0) is 30.8 Å². The molecule has 1 fully saturated rings. The van der Waals surface area contributed by atoms with Crippen molar-refractivity contribution in [3.63, 3.8) is 0 Å². The van der Waals surface area contributed by atoms with Crippen LogP contribution in [0.15, 0.2) is 29.4 Å². The van der Waals surface area contributed by atoms with Gasteiger partial charge in [0.05, 0.1) is 24.7 Å². The van der Waals surface area contributed by atoms with Crippen molar-refractivity contribution < 1.29 is 27.5 Å². The van der Waals surface area contributed by atoms with Gasteiger partial charge in [0.25, 0.3) is 0 Å². The lowest BCUT2D eigenvalue weighted by atomic mass is 10.1. The zero-order chi connectivity index (χ0) is 18.7. The van der Waals surface area contributed by atoms with Crippen molar-refractivity contribution in [1.82, 2.24) is 5.01 Å². The molecule has 140 valence electrons. The number of benzene rings is 1. The molecule has 1 aromatic carbocycles. The Bertz CT molecular complexity index is 849. The van der Waals surface area contributed by atoms with Gasteiger partial charge in [0.15, 0.2) is 9.84 Å². The van der Waals surface area contributed by atoms with Gasteiger partial charge in [-0.15, -0.1) is 0 Å². The molecule has 1 unspecified atom stereocenters. The molecule has 9 heteroatoms. The van der Waals surface area contributed by atoms with Crippen LogP contribution < -0.4 is 4.74 Å². The first-order valence-corrected chi connectivity index (χ1v) is 10.1. The number of amides is 1. The second-order valence-electron chi connectivity index (χ2n) is 6.23. The van der Waals surface area contributed by atoms with Crippen molar-refractivity contribution in [2.24, 2.45) is 5.10 Å². The van der Waals surface area contributed by atoms with Crippen LogP contribution in [0, 0.1) is 0 Å². The van der Waals surface area contributed by atoms with Gasteiger partial charge in [-0.25, -0.2) is 18.2 Å². The van der Waals surface area contributed by atoms with Crippen molar-refractivity contribution in [3.05, 3.63) is 29.8 Å². The zero-order valence-corrected chi connectivity index (χ0v) is 15.2. The fourth-order valence-electron chi connectivity index (χ4n) is 3.02. The summed E-state index contributed by atoms with van der Waals surface area (Å²) in [6.07, 6.45) is 0.625. The Labute approximate surface area is 151 Å². The van der Waals surface area contributed by atoms with Crippen molar-refractivity contribution in [2.45, 2.75) is 31.9 Å². The van der Waals surface area contributed by atoms with Gasteiger partial charge in [-0.2, -0.15) is 5.10 Å². The van der Waals surface area contributed by atoms with E-state index in [2.05, 4.69) is 5.10 Å². The predicted octanol–water partition coefficient (Wildman–Crippen LogP) is 0.904. The maximum atomic E-state index is 12.3. The van der Waals surface area contributed by atoms with Gasteiger partial charge in [0.2, 0.25) is 5.91 Å². The molecule has 0 radical (unpaired) electrons. The lowest BCUT2D eigenvalue weighted by Gasteiger charge is -2.27. The number of ether oxygens (including phenoxy) is 2. The smallest absolute Gasteiger partial charge is 0.354 e. The number of para-hydroxylation sites is 1. The minimum Gasteiger partial charge on any atom is -0.496 e. The molecule has 0 aliphatic carbocycles. The van der Waals surface area contributed by atoms with E-state index in [1.165, 1.54) is 7.11 Å². The summed E-state index contributed by atoms with van der Waals surface area (Å²) in [7, 11) is -1.62. The van der Waals surface area contributed by atoms with Crippen molar-refractivity contribution in [1.29, 1.82) is 0 Å². The number of hydrogen-bond acceptors (Lipinski definition) is 7. The van der Waals surface area contributed by atoms with Gasteiger partial charge in [-0.3, -0.25) is 4.79 Å². The second kappa shape index (κ2) is 7.45. The number of carbonyl (C=O) groups excluding carboxylic acids is 2. The quantitative estimate of drug-likeness (QED) is 0.704. The SMILES string of the molecule is COc1ccccc1COC(=O)C1=NN(C2CCS(=O)(=O)C2)C(=O)CC1. The number of hydrazone groups is 1. The Morgan fingerprint density at radius 2 is 2.08 bits per heavy atom. The van der Waals surface area contributed by atoms with Crippen LogP contribution in [0.2, 0.25) is 0 Å². The molecular weight excluding hydrogens is 360 g/mol. The summed E-state index contributed by atoms with van der Waals surface area (Å²) in [6.45, 7) is 0.0214. The molecular formula is C17H20N2O6S. The van der Waals surface area contributed by atoms with Crippen molar-refractivity contribution in [3.8, 4) is 5.75 Å². The molecule has 0 N–H and O–H groups in total. The summed E-state index contributed by atoms with van der Waals surface area (Å²) in [5.41, 5.74) is 0.846. The van der Waals surface area contributed by atoms with Gasteiger partial charge in [-0.05, 0) is 12.5 Å². The molecule has 0 spiro atoms. The summed E-state index contributed by atoms with van der Waals surface area (Å²) in [5.74, 6) is -0.363. The average molecular weight is 380 g/mol. The van der Waals surface area contributed by atoms with Gasteiger partial charge in [-0.1, -0.05) is 18.2 Å². The molecule has 1 aromatic rings. The lowest BCUT2D eigenvalue weighted by molar-refractivity contribution is -0.138. The van der Waals surface area contributed by atoms with Crippen molar-refractivity contribution in [2.75, 3.05) is 18.6 Å². The van der Waals surface area contributed by atoms with E-state index in [-0.39, 0.29) is 42.6 Å². The third-order valence-corrected chi connectivity index (χ3v) is 6.15. The lowest BCUT2D eigenvalue weighted by Crippen LogP contribution is -2.42. The number of carbonyl (C=O) groups is 2. The molecule has 2 aliphatic rings. The zero-order valence-electron chi connectivity index (χ0n) is 14.4. The fraction of sp³-hybridized carbons (Fsp3) is 0.471. The van der Waals surface area contributed by atoms with Crippen LogP contribution in [0.3, 0.4) is 0 Å². The highest BCUT2D eigenvalue weighted by Gasteiger charge is 2.37. The van der Waals surface area contributed by atoms with E-state index >= 15 is 0 Å². The summed E-state index contributed by atoms with van der Waals surface area (Å²) >= 11 is 0. The molecule has 2 aliphatic heterocycles. The number of hydrogen-bond donors (Lipinski definition) is 0. The predicted molar refractivity (Wildman–Crippen MR) is 93.4 cm³/mol. The normalized spacial score (nSPS) is 22.0. The van der Waals surface area contributed by atoms with Crippen molar-refractivity contribution >= 4 is 27.4 Å². The first-order valence-electron chi connectivity index (χ1n) is 8.28. The molecule has 8 nitrogen and oxygen atoms in total. The van der Waals surface area contributed by atoms with Crippen LogP contribution in [0.1, 0.15) is 24.8 Å². The summed E-state index contributed by atoms with van der Waals surface area (Å²) in [5, 5.41) is 5.24. The van der Waals surface area contributed by atoms with E-state index in [1.54, 1.807) is 12.1 Å². The number of methoxy groups -OCH3 is 1. The number of sulfone groups is 1. The van der Waals surface area contributed by atoms with Crippen LogP contribution in [0.25, 0.3) is 0 Å². The molecule has 1 amide bonds. The van der Waals surface area contributed by atoms with E-state index in [0.717, 1.165) is 10.6 Å². The first-order chi connectivity index (χ1) is 12.4. The minimum atomic E-state index is -3.15. The first kappa shape index (κ1) is 18.4. The third kappa shape index (κ3) is 4.04. The molecule has 0 aromatic heterocycles. The largest absolute Gasteiger partial charge is 0.496 e. The van der Waals surface area contributed by atoms with Crippen LogP contribution in [0.4, 0.5) is 0 Å². The van der Waals surface area contributed by atoms with E-state index in [9.17, 15) is 18.0 Å². The Hall–Kier alpha value is -2.42. The average Bonchev–Trinajstić information content (AvgIpc) is 3.00. The molecule has 2 heterocycles. The second-order valence-corrected chi connectivity index (χ2v) is 8.46. The van der Waals surface area contributed by atoms with E-state index in [0.29, 0.717) is 12.2 Å². The Morgan fingerprint density at radius 3 is 2.77 bits per heavy atom. The van der Waals surface area contributed by atoms with E-state index in [1.807, 2.05) is 12.1 Å². The molecule has 3 rings (SSSR count). The highest BCUT2D eigenvalue weighted by Crippen LogP contribution is 2.23. The molecule has 26 heavy (non-hydrogen) atoms. The van der Waals surface area contributed by atoms with Gasteiger partial charge >= 0.3 is 5.97 Å². The van der Waals surface area contributed by atoms with E-state index in [4.69, 9.17) is 9.47 Å².